The van der Waals surface area contributed by atoms with Crippen LogP contribution in [-0.4, -0.2) is 22.4 Å². The van der Waals surface area contributed by atoms with Gasteiger partial charge in [0, 0.05) is 16.6 Å². The molecule has 4 aromatic carbocycles. The van der Waals surface area contributed by atoms with E-state index in [0.29, 0.717) is 22.9 Å². The molecule has 0 saturated heterocycles. The fraction of sp³-hybridized carbons (Fsp3) is 0.0968. The molecule has 5 nitrogen and oxygen atoms in total. The van der Waals surface area contributed by atoms with E-state index in [1.165, 1.54) is 57.9 Å². The highest BCUT2D eigenvalue weighted by Crippen LogP contribution is 2.39. The van der Waals surface area contributed by atoms with Crippen molar-refractivity contribution in [1.29, 1.82) is 0 Å². The first kappa shape index (κ1) is 25.6. The number of carboxylic acid groups (broad SMARTS) is 1. The molecule has 1 N–H and O–H groups in total. The van der Waals surface area contributed by atoms with Gasteiger partial charge in [0.05, 0.1) is 17.8 Å². The van der Waals surface area contributed by atoms with E-state index in [9.17, 15) is 23.1 Å². The lowest BCUT2D eigenvalue weighted by Gasteiger charge is -2.23. The van der Waals surface area contributed by atoms with Crippen LogP contribution >= 0.6 is 11.3 Å². The average molecular weight is 559 g/mol. The number of fused-ring (bicyclic) bond motifs is 3. The molecule has 1 aliphatic carbocycles. The van der Waals surface area contributed by atoms with Crippen LogP contribution < -0.4 is 9.64 Å². The van der Waals surface area contributed by atoms with Crippen molar-refractivity contribution >= 4 is 28.1 Å². The minimum absolute atomic E-state index is 0.181. The highest BCUT2D eigenvalue weighted by molar-refractivity contribution is 7.14. The molecular formula is C31H21F3N2O3S. The number of halogens is 3. The number of benzene rings is 4. The molecule has 1 aromatic heterocycles. The fourth-order valence-electron chi connectivity index (χ4n) is 4.88. The number of hydrogen-bond acceptors (Lipinski definition) is 5. The summed E-state index contributed by atoms with van der Waals surface area (Å²) in [6.45, 7) is 0.487. The van der Waals surface area contributed by atoms with Crippen LogP contribution in [0.5, 0.6) is 5.75 Å². The Labute approximate surface area is 231 Å². The lowest BCUT2D eigenvalue weighted by molar-refractivity contribution is -0.274. The molecule has 1 heterocycles. The number of hydrogen-bond donors (Lipinski definition) is 1. The number of carboxylic acids is 1. The molecule has 0 amide bonds. The Morgan fingerprint density at radius 2 is 1.65 bits per heavy atom. The Morgan fingerprint density at radius 1 is 0.925 bits per heavy atom. The van der Waals surface area contributed by atoms with Gasteiger partial charge in [-0.15, -0.1) is 24.5 Å². The number of carbonyl (C=O) groups is 1. The second-order valence-corrected chi connectivity index (χ2v) is 10.2. The zero-order chi connectivity index (χ0) is 27.9. The van der Waals surface area contributed by atoms with Crippen molar-refractivity contribution in [3.8, 4) is 28.1 Å². The normalized spacial score (nSPS) is 12.1. The fourth-order valence-corrected chi connectivity index (χ4v) is 5.73. The van der Waals surface area contributed by atoms with Gasteiger partial charge in [0.2, 0.25) is 0 Å². The number of aromatic nitrogens is 1. The van der Waals surface area contributed by atoms with Gasteiger partial charge in [0.15, 0.2) is 5.13 Å². The van der Waals surface area contributed by atoms with E-state index in [4.69, 9.17) is 4.98 Å². The monoisotopic (exact) mass is 558 g/mol. The van der Waals surface area contributed by atoms with Crippen LogP contribution in [0.15, 0.2) is 96.4 Å². The second kappa shape index (κ2) is 10.2. The molecule has 0 atom stereocenters. The maximum Gasteiger partial charge on any atom is 0.573 e. The molecule has 0 spiro atoms. The van der Waals surface area contributed by atoms with Crippen molar-refractivity contribution in [3.05, 3.63) is 119 Å². The molecular weight excluding hydrogens is 537 g/mol. The molecule has 0 bridgehead atoms. The van der Waals surface area contributed by atoms with Gasteiger partial charge in [-0.05, 0) is 82.8 Å². The maximum absolute atomic E-state index is 12.5. The summed E-state index contributed by atoms with van der Waals surface area (Å²) in [5.41, 5.74) is 8.30. The number of ether oxygens (including phenoxy) is 1. The van der Waals surface area contributed by atoms with Crippen molar-refractivity contribution in [2.45, 2.75) is 19.3 Å². The third kappa shape index (κ3) is 5.28. The van der Waals surface area contributed by atoms with E-state index in [2.05, 4.69) is 35.1 Å². The number of thiazole rings is 1. The topological polar surface area (TPSA) is 62.7 Å². The van der Waals surface area contributed by atoms with Gasteiger partial charge >= 0.3 is 12.3 Å². The molecule has 200 valence electrons. The molecule has 0 unspecified atom stereocenters. The highest BCUT2D eigenvalue weighted by atomic mass is 32.1. The van der Waals surface area contributed by atoms with Crippen LogP contribution in [0.1, 0.15) is 27.0 Å². The number of aromatic carboxylic acids is 1. The predicted molar refractivity (Wildman–Crippen MR) is 148 cm³/mol. The molecule has 0 saturated carbocycles. The molecule has 1 aliphatic rings. The van der Waals surface area contributed by atoms with Crippen LogP contribution in [0, 0.1) is 0 Å². The first-order valence-corrected chi connectivity index (χ1v) is 13.2. The summed E-state index contributed by atoms with van der Waals surface area (Å²) in [5.74, 6) is -1.31. The summed E-state index contributed by atoms with van der Waals surface area (Å²) in [6, 6.07) is 27.0. The van der Waals surface area contributed by atoms with Crippen LogP contribution in [0.25, 0.3) is 22.4 Å². The Morgan fingerprint density at radius 3 is 2.38 bits per heavy atom. The Balaban J connectivity index is 1.31. The molecule has 5 aromatic rings. The Kier molecular flexibility index (Phi) is 6.51. The molecule has 6 rings (SSSR count). The van der Waals surface area contributed by atoms with Crippen LogP contribution in [-0.2, 0) is 13.0 Å². The summed E-state index contributed by atoms with van der Waals surface area (Å²) >= 11 is 1.39. The number of nitrogens with zero attached hydrogens (tertiary/aromatic N) is 2. The van der Waals surface area contributed by atoms with Crippen molar-refractivity contribution < 1.29 is 27.8 Å². The summed E-state index contributed by atoms with van der Waals surface area (Å²) in [6.07, 6.45) is -3.89. The van der Waals surface area contributed by atoms with E-state index < -0.39 is 12.3 Å². The lowest BCUT2D eigenvalue weighted by atomic mass is 10.0. The van der Waals surface area contributed by atoms with E-state index in [1.807, 2.05) is 22.4 Å². The first-order chi connectivity index (χ1) is 19.2. The average Bonchev–Trinajstić information content (AvgIpc) is 3.56. The van der Waals surface area contributed by atoms with Crippen molar-refractivity contribution in [3.63, 3.8) is 0 Å². The highest BCUT2D eigenvalue weighted by Gasteiger charge is 2.31. The second-order valence-electron chi connectivity index (χ2n) is 9.35. The van der Waals surface area contributed by atoms with Crippen LogP contribution in [0.3, 0.4) is 0 Å². The van der Waals surface area contributed by atoms with Gasteiger partial charge in [-0.2, -0.15) is 0 Å². The molecule has 9 heteroatoms. The Bertz CT molecular complexity index is 1700. The van der Waals surface area contributed by atoms with Gasteiger partial charge in [-0.25, -0.2) is 9.78 Å². The largest absolute Gasteiger partial charge is 0.573 e. The Hall–Kier alpha value is -4.63. The molecule has 0 fully saturated rings. The quantitative estimate of drug-likeness (QED) is 0.214. The summed E-state index contributed by atoms with van der Waals surface area (Å²) in [7, 11) is 0. The maximum atomic E-state index is 12.5. The van der Waals surface area contributed by atoms with Crippen LogP contribution in [0.2, 0.25) is 0 Å². The number of rotatable bonds is 7. The smallest absolute Gasteiger partial charge is 0.478 e. The molecule has 40 heavy (non-hydrogen) atoms. The zero-order valence-electron chi connectivity index (χ0n) is 20.9. The van der Waals surface area contributed by atoms with Gasteiger partial charge in [-0.3, -0.25) is 0 Å². The standard InChI is InChI=1S/C31H21F3N2O3S/c32-31(33,34)39-25-12-8-20(9-13-25)28-18-40-30(35-28)36(24-10-6-21(7-11-24)29(37)38)17-19-5-14-27-23(15-19)16-22-3-1-2-4-26(22)27/h1-15,18H,16-17H2,(H,37,38). The number of alkyl halides is 3. The van der Waals surface area contributed by atoms with E-state index in [0.717, 1.165) is 17.7 Å². The van der Waals surface area contributed by atoms with Gasteiger partial charge in [-0.1, -0.05) is 42.5 Å². The zero-order valence-corrected chi connectivity index (χ0v) is 21.7. The lowest BCUT2D eigenvalue weighted by Crippen LogP contribution is -2.17. The third-order valence-electron chi connectivity index (χ3n) is 6.73. The van der Waals surface area contributed by atoms with E-state index >= 15 is 0 Å². The first-order valence-electron chi connectivity index (χ1n) is 12.4. The minimum atomic E-state index is -4.76. The molecule has 0 radical (unpaired) electrons. The SMILES string of the molecule is O=C(O)c1ccc(N(Cc2ccc3c(c2)Cc2ccccc2-3)c2nc(-c3ccc(OC(F)(F)F)cc3)cs2)cc1. The summed E-state index contributed by atoms with van der Waals surface area (Å²) in [4.78, 5) is 18.2. The third-order valence-corrected chi connectivity index (χ3v) is 7.59. The van der Waals surface area contributed by atoms with Crippen molar-refractivity contribution in [1.82, 2.24) is 4.98 Å². The molecule has 0 aliphatic heterocycles. The minimum Gasteiger partial charge on any atom is -0.478 e. The van der Waals surface area contributed by atoms with Gasteiger partial charge in [0.25, 0.3) is 0 Å². The van der Waals surface area contributed by atoms with Crippen molar-refractivity contribution in [2.75, 3.05) is 4.90 Å². The predicted octanol–water partition coefficient (Wildman–Crippen LogP) is 8.32. The van der Waals surface area contributed by atoms with Crippen molar-refractivity contribution in [2.24, 2.45) is 0 Å². The van der Waals surface area contributed by atoms with E-state index in [-0.39, 0.29) is 11.3 Å². The van der Waals surface area contributed by atoms with Gasteiger partial charge < -0.3 is 14.7 Å². The van der Waals surface area contributed by atoms with Gasteiger partial charge in [0.1, 0.15) is 5.75 Å². The summed E-state index contributed by atoms with van der Waals surface area (Å²) < 4.78 is 41.6. The van der Waals surface area contributed by atoms with Crippen LogP contribution in [0.4, 0.5) is 24.0 Å². The number of anilines is 2. The summed E-state index contributed by atoms with van der Waals surface area (Å²) in [5, 5.41) is 11.9. The van der Waals surface area contributed by atoms with E-state index in [1.54, 1.807) is 24.3 Å².